The van der Waals surface area contributed by atoms with Gasteiger partial charge in [-0.05, 0) is 68.1 Å². The van der Waals surface area contributed by atoms with Crippen molar-refractivity contribution in [3.05, 3.63) is 24.5 Å². The van der Waals surface area contributed by atoms with Crippen LogP contribution in [0.1, 0.15) is 44.9 Å². The van der Waals surface area contributed by atoms with Crippen molar-refractivity contribution >= 4 is 11.9 Å². The fourth-order valence-electron chi connectivity index (χ4n) is 5.79. The molecular weight excluding hydrogens is 320 g/mol. The third kappa shape index (κ3) is 3.48. The third-order valence-electron chi connectivity index (χ3n) is 6.28. The standard InChI is InChI=1S/C19H24N2O4/c22-16(23)1-2-17(24)25-18-20-4-6-21(18)5-3-19-10-13-7-14(11-19)9-15(8-13)12-19/h1-2,4,6,13-15H,3,5,7-12H2,(H,22,23)/b2-1+. The molecule has 0 unspecified atom stereocenters. The molecule has 0 radical (unpaired) electrons. The molecule has 0 aromatic carbocycles. The normalized spacial score (nSPS) is 33.0. The van der Waals surface area contributed by atoms with Crippen molar-refractivity contribution in [3.8, 4) is 6.01 Å². The van der Waals surface area contributed by atoms with E-state index in [1.165, 1.54) is 38.5 Å². The highest BCUT2D eigenvalue weighted by atomic mass is 16.5. The molecule has 6 nitrogen and oxygen atoms in total. The molecule has 5 rings (SSSR count). The first-order valence-electron chi connectivity index (χ1n) is 9.15. The molecule has 4 bridgehead atoms. The van der Waals surface area contributed by atoms with Gasteiger partial charge in [-0.15, -0.1) is 0 Å². The summed E-state index contributed by atoms with van der Waals surface area (Å²) in [6.07, 6.45) is 14.6. The number of hydrogen-bond donors (Lipinski definition) is 1. The Morgan fingerprint density at radius 3 is 2.44 bits per heavy atom. The van der Waals surface area contributed by atoms with Crippen molar-refractivity contribution < 1.29 is 19.4 Å². The zero-order valence-corrected chi connectivity index (χ0v) is 14.3. The Balaban J connectivity index is 1.39. The average molecular weight is 344 g/mol. The van der Waals surface area contributed by atoms with Gasteiger partial charge in [0, 0.05) is 31.1 Å². The van der Waals surface area contributed by atoms with Crippen LogP contribution in [0.5, 0.6) is 6.01 Å². The number of hydrogen-bond acceptors (Lipinski definition) is 4. The van der Waals surface area contributed by atoms with Crippen LogP contribution < -0.4 is 4.74 Å². The van der Waals surface area contributed by atoms with Crippen molar-refractivity contribution in [3.63, 3.8) is 0 Å². The Morgan fingerprint density at radius 2 is 1.84 bits per heavy atom. The molecule has 1 aromatic rings. The second kappa shape index (κ2) is 6.32. The number of nitrogens with zero attached hydrogens (tertiary/aromatic N) is 2. The second-order valence-corrected chi connectivity index (χ2v) is 8.16. The minimum absolute atomic E-state index is 0.241. The van der Waals surface area contributed by atoms with E-state index in [2.05, 4.69) is 4.98 Å². The van der Waals surface area contributed by atoms with Gasteiger partial charge in [0.1, 0.15) is 0 Å². The van der Waals surface area contributed by atoms with E-state index in [4.69, 9.17) is 9.84 Å². The number of aliphatic carboxylic acids is 1. The molecule has 25 heavy (non-hydrogen) atoms. The molecule has 4 fully saturated rings. The highest BCUT2D eigenvalue weighted by Gasteiger charge is 2.50. The molecule has 0 atom stereocenters. The third-order valence-corrected chi connectivity index (χ3v) is 6.28. The van der Waals surface area contributed by atoms with E-state index in [1.807, 2.05) is 10.8 Å². The van der Waals surface area contributed by atoms with Gasteiger partial charge in [-0.2, -0.15) is 0 Å². The van der Waals surface area contributed by atoms with Gasteiger partial charge in [-0.1, -0.05) is 0 Å². The molecule has 134 valence electrons. The monoisotopic (exact) mass is 344 g/mol. The number of aromatic nitrogens is 2. The number of esters is 1. The van der Waals surface area contributed by atoms with Gasteiger partial charge < -0.3 is 14.4 Å². The Labute approximate surface area is 146 Å². The number of carbonyl (C=O) groups excluding carboxylic acids is 1. The summed E-state index contributed by atoms with van der Waals surface area (Å²) in [5.74, 6) is 0.874. The average Bonchev–Trinajstić information content (AvgIpc) is 2.97. The van der Waals surface area contributed by atoms with Crippen molar-refractivity contribution in [1.29, 1.82) is 0 Å². The minimum atomic E-state index is -1.18. The second-order valence-electron chi connectivity index (χ2n) is 8.16. The number of carboxylic acid groups (broad SMARTS) is 1. The maximum absolute atomic E-state index is 11.7. The highest BCUT2D eigenvalue weighted by Crippen LogP contribution is 2.61. The summed E-state index contributed by atoms with van der Waals surface area (Å²) >= 11 is 0. The molecule has 1 heterocycles. The molecule has 4 aliphatic carbocycles. The number of ether oxygens (including phenoxy) is 1. The largest absolute Gasteiger partial charge is 0.478 e. The zero-order valence-electron chi connectivity index (χ0n) is 14.3. The summed E-state index contributed by atoms with van der Waals surface area (Å²) in [6.45, 7) is 0.789. The van der Waals surface area contributed by atoms with Crippen LogP contribution in [0.3, 0.4) is 0 Å². The Morgan fingerprint density at radius 1 is 1.20 bits per heavy atom. The van der Waals surface area contributed by atoms with Crippen molar-refractivity contribution in [2.45, 2.75) is 51.5 Å². The van der Waals surface area contributed by atoms with Gasteiger partial charge in [0.05, 0.1) is 0 Å². The fourth-order valence-corrected chi connectivity index (χ4v) is 5.79. The maximum Gasteiger partial charge on any atom is 0.338 e. The number of carboxylic acids is 1. The molecule has 0 spiro atoms. The Hall–Kier alpha value is -2.11. The lowest BCUT2D eigenvalue weighted by atomic mass is 9.49. The predicted molar refractivity (Wildman–Crippen MR) is 89.9 cm³/mol. The van der Waals surface area contributed by atoms with E-state index in [-0.39, 0.29) is 6.01 Å². The summed E-state index contributed by atoms with van der Waals surface area (Å²) in [5.41, 5.74) is 0.462. The van der Waals surface area contributed by atoms with Crippen molar-refractivity contribution in [1.82, 2.24) is 9.55 Å². The first kappa shape index (κ1) is 16.4. The summed E-state index contributed by atoms with van der Waals surface area (Å²) in [4.78, 5) is 26.2. The molecule has 0 saturated heterocycles. The lowest BCUT2D eigenvalue weighted by molar-refractivity contribution is -0.133. The molecule has 6 heteroatoms. The van der Waals surface area contributed by atoms with Crippen LogP contribution in [0.2, 0.25) is 0 Å². The quantitative estimate of drug-likeness (QED) is 0.634. The van der Waals surface area contributed by atoms with Crippen molar-refractivity contribution in [2.75, 3.05) is 0 Å². The van der Waals surface area contributed by atoms with Gasteiger partial charge in [-0.25, -0.2) is 14.6 Å². The first-order valence-corrected chi connectivity index (χ1v) is 9.15. The highest BCUT2D eigenvalue weighted by molar-refractivity contribution is 5.91. The molecule has 4 saturated carbocycles. The minimum Gasteiger partial charge on any atom is -0.478 e. The van der Waals surface area contributed by atoms with E-state index in [0.29, 0.717) is 5.41 Å². The van der Waals surface area contributed by atoms with Gasteiger partial charge in [0.15, 0.2) is 0 Å². The first-order chi connectivity index (χ1) is 12.0. The molecule has 0 aliphatic heterocycles. The van der Waals surface area contributed by atoms with Crippen LogP contribution in [0.25, 0.3) is 0 Å². The molecule has 0 amide bonds. The van der Waals surface area contributed by atoms with E-state index in [0.717, 1.165) is 42.9 Å². The zero-order chi connectivity index (χ0) is 17.4. The molecule has 1 N–H and O–H groups in total. The number of imidazole rings is 1. The number of aryl methyl sites for hydroxylation is 1. The van der Waals surface area contributed by atoms with Crippen LogP contribution in [0, 0.1) is 23.2 Å². The van der Waals surface area contributed by atoms with Crippen molar-refractivity contribution in [2.24, 2.45) is 23.2 Å². The topological polar surface area (TPSA) is 81.4 Å². The Bertz CT molecular complexity index is 671. The van der Waals surface area contributed by atoms with Crippen LogP contribution in [-0.2, 0) is 16.1 Å². The van der Waals surface area contributed by atoms with Gasteiger partial charge in [0.25, 0.3) is 0 Å². The lowest BCUT2D eigenvalue weighted by Gasteiger charge is -2.57. The smallest absolute Gasteiger partial charge is 0.338 e. The van der Waals surface area contributed by atoms with Gasteiger partial charge in [0.2, 0.25) is 0 Å². The summed E-state index contributed by atoms with van der Waals surface area (Å²) in [5, 5.41) is 8.56. The summed E-state index contributed by atoms with van der Waals surface area (Å²) in [6, 6.07) is 0.241. The molecule has 4 aliphatic rings. The molecule has 1 aromatic heterocycles. The predicted octanol–water partition coefficient (Wildman–Crippen LogP) is 3.04. The number of carbonyl (C=O) groups is 2. The van der Waals surface area contributed by atoms with Crippen LogP contribution in [-0.4, -0.2) is 26.6 Å². The van der Waals surface area contributed by atoms with Crippen LogP contribution in [0.15, 0.2) is 24.5 Å². The SMILES string of the molecule is O=C(O)/C=C/C(=O)Oc1nccn1CCC12CC3CC(CC(C3)C1)C2. The number of rotatable bonds is 6. The van der Waals surface area contributed by atoms with Crippen LogP contribution in [0.4, 0.5) is 0 Å². The molecular formula is C19H24N2O4. The van der Waals surface area contributed by atoms with E-state index >= 15 is 0 Å². The van der Waals surface area contributed by atoms with E-state index in [1.54, 1.807) is 6.20 Å². The lowest BCUT2D eigenvalue weighted by Crippen LogP contribution is -2.46. The fraction of sp³-hybridized carbons (Fsp3) is 0.632. The van der Waals surface area contributed by atoms with Gasteiger partial charge >= 0.3 is 17.9 Å². The van der Waals surface area contributed by atoms with E-state index < -0.39 is 11.9 Å². The van der Waals surface area contributed by atoms with Gasteiger partial charge in [-0.3, -0.25) is 0 Å². The van der Waals surface area contributed by atoms with Crippen LogP contribution >= 0.6 is 0 Å². The van der Waals surface area contributed by atoms with E-state index in [9.17, 15) is 9.59 Å². The summed E-state index contributed by atoms with van der Waals surface area (Å²) < 4.78 is 7.04. The summed E-state index contributed by atoms with van der Waals surface area (Å²) in [7, 11) is 0. The maximum atomic E-state index is 11.7. The Kier molecular flexibility index (Phi) is 4.13.